The third-order valence-corrected chi connectivity index (χ3v) is 4.77. The van der Waals surface area contributed by atoms with E-state index < -0.39 is 40.1 Å². The zero-order valence-electron chi connectivity index (χ0n) is 14.2. The van der Waals surface area contributed by atoms with Crippen LogP contribution in [0.4, 0.5) is 18.0 Å². The minimum atomic E-state index is -1.27. The van der Waals surface area contributed by atoms with Crippen LogP contribution in [0.15, 0.2) is 47.4 Å². The minimum absolute atomic E-state index is 0.128. The summed E-state index contributed by atoms with van der Waals surface area (Å²) in [6, 6.07) is 8.62. The van der Waals surface area contributed by atoms with Crippen LogP contribution in [-0.2, 0) is 4.79 Å². The molecular formula is C19H13F3N2O3S. The Hall–Kier alpha value is -3.07. The first-order valence-corrected chi connectivity index (χ1v) is 8.91. The van der Waals surface area contributed by atoms with Crippen molar-refractivity contribution in [3.63, 3.8) is 0 Å². The molecular weight excluding hydrogens is 393 g/mol. The third kappa shape index (κ3) is 4.25. The van der Waals surface area contributed by atoms with E-state index in [0.29, 0.717) is 5.56 Å². The van der Waals surface area contributed by atoms with Crippen LogP contribution >= 0.6 is 11.8 Å². The smallest absolute Gasteiger partial charge is 0.293 e. The molecule has 0 spiro atoms. The van der Waals surface area contributed by atoms with E-state index >= 15 is 0 Å². The van der Waals surface area contributed by atoms with E-state index in [1.165, 1.54) is 36.4 Å². The molecule has 2 aromatic rings. The van der Waals surface area contributed by atoms with E-state index in [1.54, 1.807) is 0 Å². The number of carbonyl (C=O) groups excluding carboxylic acids is 3. The fraction of sp³-hybridized carbons (Fsp3) is 0.105. The van der Waals surface area contributed by atoms with Crippen molar-refractivity contribution in [1.82, 2.24) is 10.2 Å². The Morgan fingerprint density at radius 1 is 1.07 bits per heavy atom. The number of hydrogen-bond acceptors (Lipinski definition) is 4. The minimum Gasteiger partial charge on any atom is -0.350 e. The number of hydrogen-bond donors (Lipinski definition) is 1. The maximum Gasteiger partial charge on any atom is 0.293 e. The summed E-state index contributed by atoms with van der Waals surface area (Å²) in [5.74, 6) is -4.25. The average molecular weight is 406 g/mol. The van der Waals surface area contributed by atoms with Gasteiger partial charge in [-0.05, 0) is 47.7 Å². The van der Waals surface area contributed by atoms with E-state index in [9.17, 15) is 27.6 Å². The van der Waals surface area contributed by atoms with Crippen molar-refractivity contribution >= 4 is 34.9 Å². The number of halogens is 3. The van der Waals surface area contributed by atoms with Crippen molar-refractivity contribution in [1.29, 1.82) is 0 Å². The van der Waals surface area contributed by atoms with Crippen LogP contribution in [0.5, 0.6) is 0 Å². The monoisotopic (exact) mass is 406 g/mol. The molecule has 1 aliphatic heterocycles. The lowest BCUT2D eigenvalue weighted by atomic mass is 10.2. The number of carbonyl (C=O) groups is 3. The molecule has 2 aromatic carbocycles. The number of benzene rings is 2. The molecule has 5 nitrogen and oxygen atoms in total. The first-order chi connectivity index (χ1) is 13.4. The zero-order chi connectivity index (χ0) is 20.3. The molecule has 0 atom stereocenters. The zero-order valence-corrected chi connectivity index (χ0v) is 15.1. The van der Waals surface area contributed by atoms with Gasteiger partial charge >= 0.3 is 0 Å². The summed E-state index contributed by atoms with van der Waals surface area (Å²) in [4.78, 5) is 37.4. The van der Waals surface area contributed by atoms with Gasteiger partial charge in [0.15, 0.2) is 11.6 Å². The molecule has 1 aliphatic rings. The summed E-state index contributed by atoms with van der Waals surface area (Å²) in [6.45, 7) is -0.259. The third-order valence-electron chi connectivity index (χ3n) is 3.86. The van der Waals surface area contributed by atoms with Gasteiger partial charge in [0, 0.05) is 13.1 Å². The molecule has 1 N–H and O–H groups in total. The Bertz CT molecular complexity index is 977. The Balaban J connectivity index is 1.61. The van der Waals surface area contributed by atoms with Gasteiger partial charge < -0.3 is 5.32 Å². The number of rotatable bonds is 5. The Morgan fingerprint density at radius 3 is 2.50 bits per heavy atom. The van der Waals surface area contributed by atoms with Crippen LogP contribution < -0.4 is 5.32 Å². The molecule has 0 aliphatic carbocycles. The van der Waals surface area contributed by atoms with E-state index in [-0.39, 0.29) is 18.0 Å². The van der Waals surface area contributed by atoms with Gasteiger partial charge in [-0.2, -0.15) is 0 Å². The molecule has 28 heavy (non-hydrogen) atoms. The Labute approximate surface area is 162 Å². The molecule has 3 rings (SSSR count). The van der Waals surface area contributed by atoms with Gasteiger partial charge in [-0.3, -0.25) is 19.3 Å². The van der Waals surface area contributed by atoms with Crippen molar-refractivity contribution < 1.29 is 27.6 Å². The summed E-state index contributed by atoms with van der Waals surface area (Å²) in [5, 5.41) is 1.82. The number of thioether (sulfide) groups is 1. The quantitative estimate of drug-likeness (QED) is 0.771. The second-order valence-corrected chi connectivity index (χ2v) is 6.74. The van der Waals surface area contributed by atoms with Gasteiger partial charge in [-0.15, -0.1) is 0 Å². The molecule has 0 unspecified atom stereocenters. The predicted octanol–water partition coefficient (Wildman–Crippen LogP) is 3.57. The molecule has 3 amide bonds. The van der Waals surface area contributed by atoms with Crippen molar-refractivity contribution in [3.8, 4) is 0 Å². The molecule has 1 saturated heterocycles. The molecule has 0 bridgehead atoms. The van der Waals surface area contributed by atoms with Gasteiger partial charge in [0.2, 0.25) is 0 Å². The lowest BCUT2D eigenvalue weighted by Gasteiger charge is -2.13. The maximum absolute atomic E-state index is 13.6. The number of imide groups is 1. The Kier molecular flexibility index (Phi) is 5.84. The van der Waals surface area contributed by atoms with E-state index in [0.717, 1.165) is 28.8 Å². The highest BCUT2D eigenvalue weighted by molar-refractivity contribution is 8.18. The van der Waals surface area contributed by atoms with Crippen molar-refractivity contribution in [3.05, 3.63) is 75.9 Å². The molecule has 1 heterocycles. The normalized spacial score (nSPS) is 15.4. The largest absolute Gasteiger partial charge is 0.350 e. The summed E-state index contributed by atoms with van der Waals surface area (Å²) in [7, 11) is 0. The van der Waals surface area contributed by atoms with Crippen LogP contribution in [0.3, 0.4) is 0 Å². The van der Waals surface area contributed by atoms with E-state index in [1.807, 2.05) is 0 Å². The van der Waals surface area contributed by atoms with Crippen LogP contribution in [0.2, 0.25) is 0 Å². The van der Waals surface area contributed by atoms with Gasteiger partial charge in [-0.1, -0.05) is 18.2 Å². The van der Waals surface area contributed by atoms with Crippen molar-refractivity contribution in [2.45, 2.75) is 0 Å². The van der Waals surface area contributed by atoms with Crippen LogP contribution in [-0.4, -0.2) is 35.0 Å². The first kappa shape index (κ1) is 19.7. The van der Waals surface area contributed by atoms with Gasteiger partial charge in [0.25, 0.3) is 17.1 Å². The van der Waals surface area contributed by atoms with Gasteiger partial charge in [-0.25, -0.2) is 13.2 Å². The fourth-order valence-corrected chi connectivity index (χ4v) is 3.32. The van der Waals surface area contributed by atoms with Crippen LogP contribution in [0, 0.1) is 17.5 Å². The second kappa shape index (κ2) is 8.30. The standard InChI is InChI=1S/C19H13F3N2O3S/c20-12-6-4-11(5-7-12)10-15-18(26)24(19(27)28-15)9-8-23-17(25)13-2-1-3-14(21)16(13)22/h1-7,10H,8-9H2,(H,23,25). The van der Waals surface area contributed by atoms with Crippen LogP contribution in [0.25, 0.3) is 6.08 Å². The lowest BCUT2D eigenvalue weighted by molar-refractivity contribution is -0.122. The highest BCUT2D eigenvalue weighted by atomic mass is 32.2. The fourth-order valence-electron chi connectivity index (χ4n) is 2.46. The van der Waals surface area contributed by atoms with Crippen molar-refractivity contribution in [2.24, 2.45) is 0 Å². The molecule has 1 fully saturated rings. The van der Waals surface area contributed by atoms with Crippen LogP contribution in [0.1, 0.15) is 15.9 Å². The first-order valence-electron chi connectivity index (χ1n) is 8.10. The van der Waals surface area contributed by atoms with E-state index in [2.05, 4.69) is 5.32 Å². The number of nitrogens with one attached hydrogen (secondary N) is 1. The topological polar surface area (TPSA) is 66.5 Å². The van der Waals surface area contributed by atoms with Crippen molar-refractivity contribution in [2.75, 3.05) is 13.1 Å². The summed E-state index contributed by atoms with van der Waals surface area (Å²) < 4.78 is 39.7. The SMILES string of the molecule is O=C(NCCN1C(=O)SC(=Cc2ccc(F)cc2)C1=O)c1cccc(F)c1F. The van der Waals surface area contributed by atoms with E-state index in [4.69, 9.17) is 0 Å². The average Bonchev–Trinajstić information content (AvgIpc) is 2.93. The van der Waals surface area contributed by atoms with Gasteiger partial charge in [0.1, 0.15) is 5.82 Å². The lowest BCUT2D eigenvalue weighted by Crippen LogP contribution is -2.37. The van der Waals surface area contributed by atoms with Gasteiger partial charge in [0.05, 0.1) is 10.5 Å². The molecule has 144 valence electrons. The molecule has 0 radical (unpaired) electrons. The molecule has 9 heteroatoms. The highest BCUT2D eigenvalue weighted by Crippen LogP contribution is 2.31. The predicted molar refractivity (Wildman–Crippen MR) is 97.8 cm³/mol. The number of amides is 3. The highest BCUT2D eigenvalue weighted by Gasteiger charge is 2.34. The Morgan fingerprint density at radius 2 is 1.79 bits per heavy atom. The summed E-state index contributed by atoms with van der Waals surface area (Å²) in [6.07, 6.45) is 1.46. The number of nitrogens with zero attached hydrogens (tertiary/aromatic N) is 1. The molecule has 0 saturated carbocycles. The second-order valence-electron chi connectivity index (χ2n) is 5.74. The maximum atomic E-state index is 13.6. The summed E-state index contributed by atoms with van der Waals surface area (Å²) >= 11 is 0.723. The summed E-state index contributed by atoms with van der Waals surface area (Å²) in [5.41, 5.74) is 0.0899. The molecule has 0 aromatic heterocycles.